The molecule has 1 aliphatic heterocycles. The number of para-hydroxylation sites is 2. The summed E-state index contributed by atoms with van der Waals surface area (Å²) in [4.78, 5) is 7.40. The van der Waals surface area contributed by atoms with Crippen molar-refractivity contribution >= 4 is 28.1 Å². The molecule has 1 aliphatic rings. The van der Waals surface area contributed by atoms with Crippen LogP contribution in [0.3, 0.4) is 0 Å². The van der Waals surface area contributed by atoms with Gasteiger partial charge in [-0.3, -0.25) is 4.57 Å². The molecule has 6 aromatic carbocycles. The molecule has 8 rings (SSSR count). The van der Waals surface area contributed by atoms with Crippen LogP contribution in [0.4, 0.5) is 17.1 Å². The number of rotatable bonds is 5. The second-order valence-electron chi connectivity index (χ2n) is 10.8. The average molecular weight is 540 g/mol. The third-order valence-electron chi connectivity index (χ3n) is 8.30. The molecule has 0 unspecified atom stereocenters. The molecular formula is C39H29N3. The summed E-state index contributed by atoms with van der Waals surface area (Å²) in [7, 11) is 0. The molecule has 200 valence electrons. The topological polar surface area (TPSA) is 21.1 Å². The summed E-state index contributed by atoms with van der Waals surface area (Å²) in [5.74, 6) is 1.08. The Kier molecular flexibility index (Phi) is 5.75. The second kappa shape index (κ2) is 9.90. The van der Waals surface area contributed by atoms with Crippen LogP contribution in [0.15, 0.2) is 146 Å². The zero-order chi connectivity index (χ0) is 28.0. The lowest BCUT2D eigenvalue weighted by Crippen LogP contribution is -2.19. The average Bonchev–Trinajstić information content (AvgIpc) is 3.46. The number of hydrogen-bond donors (Lipinski definition) is 0. The number of hydrogen-bond acceptors (Lipinski definition) is 2. The summed E-state index contributed by atoms with van der Waals surface area (Å²) in [6.07, 6.45) is 0.862. The van der Waals surface area contributed by atoms with Gasteiger partial charge >= 0.3 is 0 Å². The molecular weight excluding hydrogens is 510 g/mol. The number of anilines is 3. The highest BCUT2D eigenvalue weighted by Crippen LogP contribution is 2.48. The summed E-state index contributed by atoms with van der Waals surface area (Å²) in [6, 6.07) is 52.2. The van der Waals surface area contributed by atoms with E-state index in [2.05, 4.69) is 162 Å². The number of fused-ring (bicyclic) bond motifs is 2. The zero-order valence-corrected chi connectivity index (χ0v) is 23.4. The van der Waals surface area contributed by atoms with Crippen LogP contribution in [-0.2, 0) is 6.42 Å². The Labute approximate surface area is 246 Å². The molecule has 0 saturated heterocycles. The molecule has 0 radical (unpaired) electrons. The van der Waals surface area contributed by atoms with Crippen molar-refractivity contribution < 1.29 is 0 Å². The van der Waals surface area contributed by atoms with Crippen LogP contribution in [0.1, 0.15) is 12.7 Å². The van der Waals surface area contributed by atoms with Gasteiger partial charge in [0.05, 0.1) is 28.1 Å². The van der Waals surface area contributed by atoms with Crippen molar-refractivity contribution in [1.82, 2.24) is 9.55 Å². The lowest BCUT2D eigenvalue weighted by Gasteiger charge is -2.33. The van der Waals surface area contributed by atoms with Crippen LogP contribution in [-0.4, -0.2) is 9.55 Å². The van der Waals surface area contributed by atoms with E-state index in [9.17, 15) is 0 Å². The Hall–Kier alpha value is -5.41. The molecule has 0 bridgehead atoms. The maximum atomic E-state index is 5.04. The molecule has 0 N–H and O–H groups in total. The highest BCUT2D eigenvalue weighted by Gasteiger charge is 2.28. The molecule has 3 nitrogen and oxygen atoms in total. The van der Waals surface area contributed by atoms with Crippen LogP contribution in [0.25, 0.3) is 50.1 Å². The smallest absolute Gasteiger partial charge is 0.114 e. The monoisotopic (exact) mass is 539 g/mol. The van der Waals surface area contributed by atoms with Crippen LogP contribution in [0, 0.1) is 0 Å². The van der Waals surface area contributed by atoms with Crippen molar-refractivity contribution in [2.75, 3.05) is 4.90 Å². The second-order valence-corrected chi connectivity index (χ2v) is 10.8. The van der Waals surface area contributed by atoms with Gasteiger partial charge in [0.25, 0.3) is 0 Å². The molecule has 0 fully saturated rings. The number of imidazole rings is 1. The first-order valence-electron chi connectivity index (χ1n) is 14.5. The van der Waals surface area contributed by atoms with Gasteiger partial charge in [0, 0.05) is 12.1 Å². The van der Waals surface area contributed by atoms with E-state index in [1.165, 1.54) is 33.4 Å². The van der Waals surface area contributed by atoms with Gasteiger partial charge in [-0.2, -0.15) is 0 Å². The van der Waals surface area contributed by atoms with Gasteiger partial charge in [0.15, 0.2) is 0 Å². The lowest BCUT2D eigenvalue weighted by atomic mass is 9.97. The molecule has 0 saturated carbocycles. The third-order valence-corrected chi connectivity index (χ3v) is 8.30. The van der Waals surface area contributed by atoms with Gasteiger partial charge in [0.2, 0.25) is 0 Å². The van der Waals surface area contributed by atoms with Crippen molar-refractivity contribution in [1.29, 1.82) is 0 Å². The highest BCUT2D eigenvalue weighted by molar-refractivity contribution is 6.02. The van der Waals surface area contributed by atoms with Crippen LogP contribution < -0.4 is 4.90 Å². The van der Waals surface area contributed by atoms with Crippen molar-refractivity contribution in [3.05, 3.63) is 151 Å². The molecule has 0 atom stereocenters. The van der Waals surface area contributed by atoms with Gasteiger partial charge in [-0.1, -0.05) is 116 Å². The minimum absolute atomic E-state index is 0.862. The van der Waals surface area contributed by atoms with E-state index in [1.54, 1.807) is 0 Å². The lowest BCUT2D eigenvalue weighted by molar-refractivity contribution is 0.900. The van der Waals surface area contributed by atoms with E-state index < -0.39 is 0 Å². The van der Waals surface area contributed by atoms with Crippen molar-refractivity contribution in [3.63, 3.8) is 0 Å². The van der Waals surface area contributed by atoms with Crippen molar-refractivity contribution in [2.24, 2.45) is 0 Å². The predicted octanol–water partition coefficient (Wildman–Crippen LogP) is 10.4. The fraction of sp³-hybridized carbons (Fsp3) is 0.0513. The van der Waals surface area contributed by atoms with E-state index in [-0.39, 0.29) is 0 Å². The van der Waals surface area contributed by atoms with Crippen molar-refractivity contribution in [2.45, 2.75) is 13.3 Å². The van der Waals surface area contributed by atoms with Crippen LogP contribution >= 0.6 is 0 Å². The summed E-state index contributed by atoms with van der Waals surface area (Å²) in [5, 5.41) is 0. The Bertz CT molecular complexity index is 2040. The van der Waals surface area contributed by atoms with Gasteiger partial charge in [-0.25, -0.2) is 4.98 Å². The Morgan fingerprint density at radius 2 is 1.02 bits per heavy atom. The molecule has 0 amide bonds. The standard InChI is InChI=1S/C39H29N3/c1-2-38-40-34-14-9-15-36-39(34)42(38)37-26-32(24-25-35(37)41(36)33-12-7-4-8-13-33)31-22-20-30(21-23-31)29-18-16-28(17-19-29)27-10-5-3-6-11-27/h3-26H,2H2,1H3. The predicted molar refractivity (Wildman–Crippen MR) is 175 cm³/mol. The summed E-state index contributed by atoms with van der Waals surface area (Å²) >= 11 is 0. The molecule has 0 aliphatic carbocycles. The maximum Gasteiger partial charge on any atom is 0.114 e. The molecule has 3 heteroatoms. The van der Waals surface area contributed by atoms with Gasteiger partial charge in [-0.15, -0.1) is 0 Å². The number of nitrogens with zero attached hydrogens (tertiary/aromatic N) is 3. The van der Waals surface area contributed by atoms with Gasteiger partial charge in [-0.05, 0) is 69.8 Å². The zero-order valence-electron chi connectivity index (χ0n) is 23.4. The summed E-state index contributed by atoms with van der Waals surface area (Å²) in [5.41, 5.74) is 14.1. The first-order chi connectivity index (χ1) is 20.8. The Morgan fingerprint density at radius 1 is 0.476 bits per heavy atom. The van der Waals surface area contributed by atoms with E-state index in [4.69, 9.17) is 4.98 Å². The quantitative estimate of drug-likeness (QED) is 0.217. The third kappa shape index (κ3) is 3.93. The van der Waals surface area contributed by atoms with Gasteiger partial charge in [0.1, 0.15) is 5.82 Å². The highest BCUT2D eigenvalue weighted by atomic mass is 15.2. The van der Waals surface area contributed by atoms with Crippen LogP contribution in [0.5, 0.6) is 0 Å². The molecule has 1 aromatic heterocycles. The molecule has 7 aromatic rings. The number of aryl methyl sites for hydroxylation is 1. The Balaban J connectivity index is 1.20. The minimum atomic E-state index is 0.862. The minimum Gasteiger partial charge on any atom is -0.306 e. The van der Waals surface area contributed by atoms with E-state index in [0.717, 1.165) is 46.0 Å². The van der Waals surface area contributed by atoms with Crippen LogP contribution in [0.2, 0.25) is 0 Å². The number of benzene rings is 6. The maximum absolute atomic E-state index is 5.04. The SMILES string of the molecule is CCc1nc2cccc3c2n1-c1cc(-c2ccc(-c4ccc(-c5ccccc5)cc4)cc2)ccc1N3c1ccccc1. The Morgan fingerprint density at radius 3 is 1.64 bits per heavy atom. The fourth-order valence-electron chi connectivity index (χ4n) is 6.23. The normalized spacial score (nSPS) is 12.0. The largest absolute Gasteiger partial charge is 0.306 e. The molecule has 42 heavy (non-hydrogen) atoms. The van der Waals surface area contributed by atoms with E-state index in [0.29, 0.717) is 0 Å². The fourth-order valence-corrected chi connectivity index (χ4v) is 6.23. The van der Waals surface area contributed by atoms with Gasteiger partial charge < -0.3 is 4.90 Å². The molecule has 2 heterocycles. The van der Waals surface area contributed by atoms with E-state index >= 15 is 0 Å². The number of aromatic nitrogens is 2. The van der Waals surface area contributed by atoms with Crippen molar-refractivity contribution in [3.8, 4) is 39.1 Å². The summed E-state index contributed by atoms with van der Waals surface area (Å²) in [6.45, 7) is 2.18. The summed E-state index contributed by atoms with van der Waals surface area (Å²) < 4.78 is 2.37. The first-order valence-corrected chi connectivity index (χ1v) is 14.5. The van der Waals surface area contributed by atoms with E-state index in [1.807, 2.05) is 0 Å². The molecule has 0 spiro atoms. The first kappa shape index (κ1) is 24.4.